The highest BCUT2D eigenvalue weighted by Crippen LogP contribution is 2.36. The Bertz CT molecular complexity index is 798. The lowest BCUT2D eigenvalue weighted by Gasteiger charge is -2.26. The Hall–Kier alpha value is -2.34. The van der Waals surface area contributed by atoms with Gasteiger partial charge in [-0.1, -0.05) is 17.7 Å². The molecule has 2 aromatic rings. The van der Waals surface area contributed by atoms with Gasteiger partial charge >= 0.3 is 0 Å². The average molecular weight is 370 g/mol. The molecule has 134 valence electrons. The molecule has 7 heteroatoms. The summed E-state index contributed by atoms with van der Waals surface area (Å²) >= 11 is 6.13. The Morgan fingerprint density at radius 2 is 1.80 bits per heavy atom. The monoisotopic (exact) mass is 369 g/mol. The molecule has 0 N–H and O–H groups in total. The Morgan fingerprint density at radius 3 is 2.36 bits per heavy atom. The van der Waals surface area contributed by atoms with E-state index in [-0.39, 0.29) is 10.9 Å². The van der Waals surface area contributed by atoms with Crippen LogP contribution in [0.5, 0.6) is 11.5 Å². The number of hydrogen-bond donors (Lipinski definition) is 0. The fourth-order valence-electron chi connectivity index (χ4n) is 2.42. The lowest BCUT2D eigenvalue weighted by Crippen LogP contribution is -2.29. The van der Waals surface area contributed by atoms with E-state index in [0.717, 1.165) is 12.1 Å². The molecule has 0 aliphatic rings. The third-order valence-corrected chi connectivity index (χ3v) is 4.29. The van der Waals surface area contributed by atoms with Crippen molar-refractivity contribution in [2.75, 3.05) is 21.3 Å². The fraction of sp³-hybridized carbons (Fsp3) is 0.278. The summed E-state index contributed by atoms with van der Waals surface area (Å²) in [5.74, 6) is -1.58. The van der Waals surface area contributed by atoms with Crippen LogP contribution in [0.25, 0.3) is 0 Å². The molecule has 4 nitrogen and oxygen atoms in total. The van der Waals surface area contributed by atoms with Gasteiger partial charge in [0.15, 0.2) is 23.1 Å². The molecule has 0 heterocycles. The van der Waals surface area contributed by atoms with Gasteiger partial charge in [0, 0.05) is 12.6 Å². The highest BCUT2D eigenvalue weighted by Gasteiger charge is 2.22. The Labute approximate surface area is 149 Å². The van der Waals surface area contributed by atoms with Crippen LogP contribution in [0, 0.1) is 11.6 Å². The summed E-state index contributed by atoms with van der Waals surface area (Å²) in [4.78, 5) is 14.1. The number of carbonyl (C=O) groups is 1. The van der Waals surface area contributed by atoms with E-state index in [1.54, 1.807) is 14.0 Å². The van der Waals surface area contributed by atoms with Gasteiger partial charge in [0.05, 0.1) is 25.3 Å². The van der Waals surface area contributed by atoms with Gasteiger partial charge in [-0.3, -0.25) is 4.79 Å². The van der Waals surface area contributed by atoms with Gasteiger partial charge in [0.25, 0.3) is 5.91 Å². The summed E-state index contributed by atoms with van der Waals surface area (Å²) in [7, 11) is 4.46. The first kappa shape index (κ1) is 19.0. The van der Waals surface area contributed by atoms with Crippen LogP contribution < -0.4 is 9.47 Å². The van der Waals surface area contributed by atoms with Crippen LogP contribution in [0.4, 0.5) is 8.78 Å². The van der Waals surface area contributed by atoms with Crippen LogP contribution in [0.2, 0.25) is 5.02 Å². The van der Waals surface area contributed by atoms with E-state index in [4.69, 9.17) is 21.1 Å². The van der Waals surface area contributed by atoms with Crippen LogP contribution >= 0.6 is 11.6 Å². The molecule has 0 fully saturated rings. The number of amides is 1. The van der Waals surface area contributed by atoms with Gasteiger partial charge in [0.1, 0.15) is 0 Å². The Kier molecular flexibility index (Phi) is 5.85. The number of nitrogens with zero attached hydrogens (tertiary/aromatic N) is 1. The van der Waals surface area contributed by atoms with Crippen molar-refractivity contribution in [1.29, 1.82) is 0 Å². The third kappa shape index (κ3) is 3.85. The number of hydrogen-bond acceptors (Lipinski definition) is 3. The molecule has 0 radical (unpaired) electrons. The topological polar surface area (TPSA) is 38.8 Å². The summed E-state index contributed by atoms with van der Waals surface area (Å²) in [5, 5.41) is 0.235. The molecule has 1 amide bonds. The summed E-state index contributed by atoms with van der Waals surface area (Å²) in [6, 6.07) is 6.06. The predicted octanol–water partition coefficient (Wildman–Crippen LogP) is 4.47. The van der Waals surface area contributed by atoms with Crippen molar-refractivity contribution in [1.82, 2.24) is 4.90 Å². The van der Waals surface area contributed by atoms with Gasteiger partial charge < -0.3 is 14.4 Å². The van der Waals surface area contributed by atoms with E-state index in [2.05, 4.69) is 0 Å². The first-order valence-corrected chi connectivity index (χ1v) is 7.81. The molecule has 0 saturated heterocycles. The molecule has 2 aromatic carbocycles. The zero-order valence-corrected chi connectivity index (χ0v) is 15.0. The molecule has 0 saturated carbocycles. The first-order valence-electron chi connectivity index (χ1n) is 7.43. The molecule has 0 aliphatic heterocycles. The van der Waals surface area contributed by atoms with Gasteiger partial charge in [-0.25, -0.2) is 8.78 Å². The maximum atomic E-state index is 13.4. The second-order valence-electron chi connectivity index (χ2n) is 5.46. The molecule has 0 aromatic heterocycles. The number of ether oxygens (including phenoxy) is 2. The lowest BCUT2D eigenvalue weighted by atomic mass is 10.1. The minimum absolute atomic E-state index is 0.235. The number of halogens is 3. The zero-order valence-electron chi connectivity index (χ0n) is 14.3. The maximum absolute atomic E-state index is 13.4. The van der Waals surface area contributed by atoms with Gasteiger partial charge in [-0.05, 0) is 36.8 Å². The van der Waals surface area contributed by atoms with Crippen molar-refractivity contribution in [2.24, 2.45) is 0 Å². The molecule has 2 rings (SSSR count). The smallest absolute Gasteiger partial charge is 0.254 e. The fourth-order valence-corrected chi connectivity index (χ4v) is 2.70. The van der Waals surface area contributed by atoms with Crippen molar-refractivity contribution in [2.45, 2.75) is 13.0 Å². The Balaban J connectivity index is 2.33. The molecule has 1 atom stereocenters. The largest absolute Gasteiger partial charge is 0.493 e. The van der Waals surface area contributed by atoms with E-state index >= 15 is 0 Å². The van der Waals surface area contributed by atoms with Crippen molar-refractivity contribution in [3.05, 3.63) is 58.1 Å². The SMILES string of the molecule is COc1cc(C(=O)N(C)C(C)c2ccc(F)c(F)c2)cc(Cl)c1OC. The van der Waals surface area contributed by atoms with Crippen LogP contribution in [0.15, 0.2) is 30.3 Å². The summed E-state index contributed by atoms with van der Waals surface area (Å²) in [5.41, 5.74) is 0.765. The van der Waals surface area contributed by atoms with Crippen molar-refractivity contribution in [3.8, 4) is 11.5 Å². The molecule has 25 heavy (non-hydrogen) atoms. The minimum Gasteiger partial charge on any atom is -0.493 e. The predicted molar refractivity (Wildman–Crippen MR) is 91.4 cm³/mol. The highest BCUT2D eigenvalue weighted by atomic mass is 35.5. The van der Waals surface area contributed by atoms with Crippen LogP contribution in [-0.4, -0.2) is 32.1 Å². The van der Waals surface area contributed by atoms with Crippen molar-refractivity contribution >= 4 is 17.5 Å². The third-order valence-electron chi connectivity index (χ3n) is 4.01. The molecular weight excluding hydrogens is 352 g/mol. The second kappa shape index (κ2) is 7.70. The van der Waals surface area contributed by atoms with Crippen molar-refractivity contribution < 1.29 is 23.0 Å². The van der Waals surface area contributed by atoms with Crippen molar-refractivity contribution in [3.63, 3.8) is 0 Å². The summed E-state index contributed by atoms with van der Waals surface area (Å²) in [6.45, 7) is 1.72. The summed E-state index contributed by atoms with van der Waals surface area (Å²) < 4.78 is 36.9. The van der Waals surface area contributed by atoms with Gasteiger partial charge in [0.2, 0.25) is 0 Å². The lowest BCUT2D eigenvalue weighted by molar-refractivity contribution is 0.0742. The average Bonchev–Trinajstić information content (AvgIpc) is 2.61. The summed E-state index contributed by atoms with van der Waals surface area (Å²) in [6.07, 6.45) is 0. The van der Waals surface area contributed by atoms with Crippen LogP contribution in [0.1, 0.15) is 28.9 Å². The number of rotatable bonds is 5. The van der Waals surface area contributed by atoms with Crippen LogP contribution in [-0.2, 0) is 0 Å². The Morgan fingerprint density at radius 1 is 1.12 bits per heavy atom. The molecule has 0 spiro atoms. The highest BCUT2D eigenvalue weighted by molar-refractivity contribution is 6.32. The van der Waals surface area contributed by atoms with Gasteiger partial charge in [-0.2, -0.15) is 0 Å². The number of benzene rings is 2. The normalized spacial score (nSPS) is 11.8. The maximum Gasteiger partial charge on any atom is 0.254 e. The van der Waals surface area contributed by atoms with Crippen LogP contribution in [0.3, 0.4) is 0 Å². The number of methoxy groups -OCH3 is 2. The standard InChI is InChI=1S/C18H18ClF2NO3/c1-10(11-5-6-14(20)15(21)8-11)22(2)18(23)12-7-13(19)17(25-4)16(9-12)24-3/h5-10H,1-4H3. The van der Waals surface area contributed by atoms with E-state index < -0.39 is 17.7 Å². The minimum atomic E-state index is -0.959. The zero-order chi connectivity index (χ0) is 18.7. The van der Waals surface area contributed by atoms with E-state index in [0.29, 0.717) is 22.6 Å². The van der Waals surface area contributed by atoms with E-state index in [1.165, 1.54) is 37.3 Å². The van der Waals surface area contributed by atoms with Gasteiger partial charge in [-0.15, -0.1) is 0 Å². The second-order valence-corrected chi connectivity index (χ2v) is 5.87. The molecular formula is C18H18ClF2NO3. The molecule has 0 bridgehead atoms. The quantitative estimate of drug-likeness (QED) is 0.780. The first-order chi connectivity index (χ1) is 11.8. The van der Waals surface area contributed by atoms with E-state index in [1.807, 2.05) is 0 Å². The molecule has 1 unspecified atom stereocenters. The van der Waals surface area contributed by atoms with E-state index in [9.17, 15) is 13.6 Å². The number of carbonyl (C=O) groups excluding carboxylic acids is 1. The molecule has 0 aliphatic carbocycles.